The van der Waals surface area contributed by atoms with Gasteiger partial charge in [0.2, 0.25) is 0 Å². The average molecular weight is 371 g/mol. The summed E-state index contributed by atoms with van der Waals surface area (Å²) < 4.78 is 0.622. The van der Waals surface area contributed by atoms with Crippen molar-refractivity contribution in [1.82, 2.24) is 19.9 Å². The molecule has 0 spiro atoms. The van der Waals surface area contributed by atoms with Crippen LogP contribution < -0.4 is 0 Å². The van der Waals surface area contributed by atoms with Gasteiger partial charge in [0.05, 0.1) is 20.9 Å². The molecule has 0 N–H and O–H groups in total. The normalized spacial score (nSPS) is 16.6. The first-order valence-corrected chi connectivity index (χ1v) is 9.16. The maximum atomic E-state index is 12.7. The summed E-state index contributed by atoms with van der Waals surface area (Å²) in [4.78, 5) is 28.7. The summed E-state index contributed by atoms with van der Waals surface area (Å²) in [5, 5.41) is 0. The lowest BCUT2D eigenvalue weighted by Crippen LogP contribution is -2.39. The molecule has 0 aliphatic carbocycles. The van der Waals surface area contributed by atoms with E-state index in [-0.39, 0.29) is 11.9 Å². The molecular weight excluding hydrogens is 356 g/mol. The van der Waals surface area contributed by atoms with E-state index in [0.29, 0.717) is 28.0 Å². The molecule has 1 atom stereocenters. The summed E-state index contributed by atoms with van der Waals surface area (Å²) >= 11 is 7.27. The molecule has 4 rings (SSSR count). The van der Waals surface area contributed by atoms with Crippen molar-refractivity contribution in [2.45, 2.75) is 19.4 Å². The number of hydrogen-bond acceptors (Lipinski definition) is 5. The molecule has 1 amide bonds. The summed E-state index contributed by atoms with van der Waals surface area (Å²) in [6.07, 6.45) is 4.25. The predicted molar refractivity (Wildman–Crippen MR) is 97.7 cm³/mol. The Morgan fingerprint density at radius 2 is 2.16 bits per heavy atom. The Bertz CT molecular complexity index is 928. The van der Waals surface area contributed by atoms with Gasteiger partial charge >= 0.3 is 0 Å². The topological polar surface area (TPSA) is 59.0 Å². The SMILES string of the molecule is CC1c2cnc(-c3ccccn3)nc2CCN1C(=O)c1ccc(Cl)s1. The molecule has 0 saturated heterocycles. The van der Waals surface area contributed by atoms with Gasteiger partial charge in [0.25, 0.3) is 5.91 Å². The maximum absolute atomic E-state index is 12.7. The molecule has 3 aromatic rings. The van der Waals surface area contributed by atoms with Crippen LogP contribution in [0.1, 0.15) is 33.9 Å². The zero-order valence-corrected chi connectivity index (χ0v) is 15.1. The van der Waals surface area contributed by atoms with Crippen LogP contribution >= 0.6 is 22.9 Å². The van der Waals surface area contributed by atoms with Crippen molar-refractivity contribution in [3.63, 3.8) is 0 Å². The van der Waals surface area contributed by atoms with Crippen molar-refractivity contribution in [2.75, 3.05) is 6.54 Å². The Labute approximate surface area is 154 Å². The first kappa shape index (κ1) is 16.2. The fourth-order valence-electron chi connectivity index (χ4n) is 3.03. The highest BCUT2D eigenvalue weighted by molar-refractivity contribution is 7.17. The number of amides is 1. The van der Waals surface area contributed by atoms with E-state index in [2.05, 4.69) is 15.0 Å². The molecule has 25 heavy (non-hydrogen) atoms. The van der Waals surface area contributed by atoms with Gasteiger partial charge in [-0.15, -0.1) is 11.3 Å². The van der Waals surface area contributed by atoms with Crippen LogP contribution in [-0.4, -0.2) is 32.3 Å². The van der Waals surface area contributed by atoms with Gasteiger partial charge in [0, 0.05) is 30.9 Å². The molecule has 7 heteroatoms. The summed E-state index contributed by atoms with van der Waals surface area (Å²) in [7, 11) is 0. The third-order valence-corrected chi connectivity index (χ3v) is 5.57. The van der Waals surface area contributed by atoms with Crippen molar-refractivity contribution in [2.24, 2.45) is 0 Å². The number of halogens is 1. The number of thiophene rings is 1. The predicted octanol–water partition coefficient (Wildman–Crippen LogP) is 4.01. The molecule has 5 nitrogen and oxygen atoms in total. The van der Waals surface area contributed by atoms with E-state index in [1.54, 1.807) is 18.3 Å². The van der Waals surface area contributed by atoms with E-state index in [0.717, 1.165) is 17.0 Å². The summed E-state index contributed by atoms with van der Waals surface area (Å²) in [6.45, 7) is 2.64. The van der Waals surface area contributed by atoms with Gasteiger partial charge in [-0.25, -0.2) is 9.97 Å². The first-order valence-electron chi connectivity index (χ1n) is 7.97. The Hall–Kier alpha value is -2.31. The number of rotatable bonds is 2. The quantitative estimate of drug-likeness (QED) is 0.683. The second-order valence-electron chi connectivity index (χ2n) is 5.84. The smallest absolute Gasteiger partial charge is 0.264 e. The number of carbonyl (C=O) groups is 1. The number of fused-ring (bicyclic) bond motifs is 1. The molecule has 0 saturated carbocycles. The molecular formula is C18H15ClN4OS. The Balaban J connectivity index is 1.63. The van der Waals surface area contributed by atoms with Crippen LogP contribution in [0.5, 0.6) is 0 Å². The molecule has 0 aromatic carbocycles. The third kappa shape index (κ3) is 3.03. The zero-order chi connectivity index (χ0) is 17.4. The minimum Gasteiger partial charge on any atom is -0.331 e. The summed E-state index contributed by atoms with van der Waals surface area (Å²) in [5.41, 5.74) is 2.73. The fourth-order valence-corrected chi connectivity index (χ4v) is 4.03. The largest absolute Gasteiger partial charge is 0.331 e. The molecule has 0 bridgehead atoms. The van der Waals surface area contributed by atoms with Gasteiger partial charge in [0.15, 0.2) is 5.82 Å². The summed E-state index contributed by atoms with van der Waals surface area (Å²) in [5.74, 6) is 0.625. The molecule has 0 radical (unpaired) electrons. The van der Waals surface area contributed by atoms with Gasteiger partial charge in [-0.2, -0.15) is 0 Å². The van der Waals surface area contributed by atoms with Crippen LogP contribution in [-0.2, 0) is 6.42 Å². The van der Waals surface area contributed by atoms with Gasteiger partial charge in [-0.1, -0.05) is 17.7 Å². The molecule has 1 aliphatic rings. The highest BCUT2D eigenvalue weighted by Crippen LogP contribution is 2.32. The van der Waals surface area contributed by atoms with Crippen LogP contribution in [0.2, 0.25) is 4.34 Å². The highest BCUT2D eigenvalue weighted by Gasteiger charge is 2.30. The van der Waals surface area contributed by atoms with Crippen LogP contribution in [0.15, 0.2) is 42.7 Å². The van der Waals surface area contributed by atoms with E-state index in [1.165, 1.54) is 11.3 Å². The summed E-state index contributed by atoms with van der Waals surface area (Å²) in [6, 6.07) is 9.13. The molecule has 0 fully saturated rings. The monoisotopic (exact) mass is 370 g/mol. The lowest BCUT2D eigenvalue weighted by Gasteiger charge is -2.34. The van der Waals surface area contributed by atoms with Crippen molar-refractivity contribution >= 4 is 28.8 Å². The molecule has 126 valence electrons. The van der Waals surface area contributed by atoms with Gasteiger partial charge in [0.1, 0.15) is 5.69 Å². The van der Waals surface area contributed by atoms with Gasteiger partial charge < -0.3 is 4.90 Å². The molecule has 1 unspecified atom stereocenters. The Morgan fingerprint density at radius 1 is 1.28 bits per heavy atom. The van der Waals surface area contributed by atoms with E-state index < -0.39 is 0 Å². The van der Waals surface area contributed by atoms with Gasteiger partial charge in [-0.3, -0.25) is 9.78 Å². The van der Waals surface area contributed by atoms with Gasteiger partial charge in [-0.05, 0) is 31.2 Å². The number of hydrogen-bond donors (Lipinski definition) is 0. The van der Waals surface area contributed by atoms with Crippen molar-refractivity contribution in [3.8, 4) is 11.5 Å². The number of nitrogens with zero attached hydrogens (tertiary/aromatic N) is 4. The fraction of sp³-hybridized carbons (Fsp3) is 0.222. The van der Waals surface area contributed by atoms with Crippen molar-refractivity contribution < 1.29 is 4.79 Å². The molecule has 4 heterocycles. The standard InChI is InChI=1S/C18H15ClN4OS/c1-11-12-10-21-17(14-4-2-3-8-20-14)22-13(12)7-9-23(11)18(24)15-5-6-16(19)25-15/h2-6,8,10-11H,7,9H2,1H3. The van der Waals surface area contributed by atoms with Crippen LogP contribution in [0.3, 0.4) is 0 Å². The number of aromatic nitrogens is 3. The van der Waals surface area contributed by atoms with E-state index in [1.807, 2.05) is 36.2 Å². The van der Waals surface area contributed by atoms with E-state index in [4.69, 9.17) is 11.6 Å². The second-order valence-corrected chi connectivity index (χ2v) is 7.55. The number of carbonyl (C=O) groups excluding carboxylic acids is 1. The highest BCUT2D eigenvalue weighted by atomic mass is 35.5. The average Bonchev–Trinajstić information content (AvgIpc) is 3.08. The Kier molecular flexibility index (Phi) is 4.23. The maximum Gasteiger partial charge on any atom is 0.264 e. The van der Waals surface area contributed by atoms with Crippen LogP contribution in [0.4, 0.5) is 0 Å². The Morgan fingerprint density at radius 3 is 2.88 bits per heavy atom. The minimum atomic E-state index is -0.0742. The zero-order valence-electron chi connectivity index (χ0n) is 13.5. The molecule has 1 aliphatic heterocycles. The van der Waals surface area contributed by atoms with E-state index >= 15 is 0 Å². The van der Waals surface area contributed by atoms with Crippen LogP contribution in [0.25, 0.3) is 11.5 Å². The number of pyridine rings is 1. The lowest BCUT2D eigenvalue weighted by molar-refractivity contribution is 0.0680. The van der Waals surface area contributed by atoms with Crippen LogP contribution in [0, 0.1) is 0 Å². The van der Waals surface area contributed by atoms with Crippen molar-refractivity contribution in [1.29, 1.82) is 0 Å². The van der Waals surface area contributed by atoms with Crippen molar-refractivity contribution in [3.05, 3.63) is 63.2 Å². The first-order chi connectivity index (χ1) is 12.1. The lowest BCUT2D eigenvalue weighted by atomic mass is 9.99. The molecule has 3 aromatic heterocycles. The second kappa shape index (κ2) is 6.54. The minimum absolute atomic E-state index is 0.00357. The van der Waals surface area contributed by atoms with E-state index in [9.17, 15) is 4.79 Å². The third-order valence-electron chi connectivity index (χ3n) is 4.35.